The van der Waals surface area contributed by atoms with Crippen molar-refractivity contribution in [1.82, 2.24) is 0 Å². The monoisotopic (exact) mass is 428 g/mol. The lowest BCUT2D eigenvalue weighted by molar-refractivity contribution is 0.701. The predicted molar refractivity (Wildman–Crippen MR) is 123 cm³/mol. The quantitative estimate of drug-likeness (QED) is 0.357. The van der Waals surface area contributed by atoms with Gasteiger partial charge in [0.25, 0.3) is 0 Å². The van der Waals surface area contributed by atoms with Gasteiger partial charge in [0.2, 0.25) is 0 Å². The van der Waals surface area contributed by atoms with Gasteiger partial charge in [0, 0.05) is 12.8 Å². The average molecular weight is 429 g/mol. The highest BCUT2D eigenvalue weighted by molar-refractivity contribution is 8.07. The summed E-state index contributed by atoms with van der Waals surface area (Å²) in [5.41, 5.74) is 3.02. The molecular formula is C23H24S4. The van der Waals surface area contributed by atoms with E-state index in [0.717, 1.165) is 12.8 Å². The van der Waals surface area contributed by atoms with Crippen LogP contribution in [0.5, 0.6) is 0 Å². The first kappa shape index (κ1) is 19.5. The SMILES string of the molecule is CCCCC#Cc1cc2c(s1)SC1(C)c3cc(C#CCCCC)sc3SC21. The first-order valence-corrected chi connectivity index (χ1v) is 13.1. The van der Waals surface area contributed by atoms with Gasteiger partial charge < -0.3 is 0 Å². The van der Waals surface area contributed by atoms with Crippen LogP contribution in [0.4, 0.5) is 0 Å². The lowest BCUT2D eigenvalue weighted by Crippen LogP contribution is -2.15. The highest BCUT2D eigenvalue weighted by Crippen LogP contribution is 2.72. The molecule has 0 fully saturated rings. The van der Waals surface area contributed by atoms with Crippen LogP contribution in [0, 0.1) is 23.7 Å². The summed E-state index contributed by atoms with van der Waals surface area (Å²) in [4.78, 5) is 2.48. The molecule has 0 radical (unpaired) electrons. The summed E-state index contributed by atoms with van der Waals surface area (Å²) < 4.78 is 3.11. The van der Waals surface area contributed by atoms with Crippen LogP contribution in [-0.4, -0.2) is 0 Å². The van der Waals surface area contributed by atoms with Crippen molar-refractivity contribution in [2.75, 3.05) is 0 Å². The highest BCUT2D eigenvalue weighted by Gasteiger charge is 2.53. The smallest absolute Gasteiger partial charge is 0.0783 e. The van der Waals surface area contributed by atoms with Crippen LogP contribution in [0.15, 0.2) is 20.6 Å². The normalized spacial score (nSPS) is 21.7. The molecule has 2 aliphatic heterocycles. The third-order valence-corrected chi connectivity index (χ3v) is 10.6. The van der Waals surface area contributed by atoms with Gasteiger partial charge in [0.15, 0.2) is 0 Å². The molecule has 2 aromatic rings. The minimum absolute atomic E-state index is 0.162. The number of thioether (sulfide) groups is 2. The first-order valence-electron chi connectivity index (χ1n) is 9.77. The zero-order chi connectivity index (χ0) is 18.9. The van der Waals surface area contributed by atoms with Gasteiger partial charge in [-0.05, 0) is 43.0 Å². The second-order valence-corrected chi connectivity index (χ2v) is 12.4. The summed E-state index contributed by atoms with van der Waals surface area (Å²) in [5, 5.41) is 0.531. The molecule has 140 valence electrons. The van der Waals surface area contributed by atoms with Gasteiger partial charge in [-0.25, -0.2) is 0 Å². The first-order chi connectivity index (χ1) is 13.2. The van der Waals surface area contributed by atoms with Gasteiger partial charge in [0.1, 0.15) is 0 Å². The van der Waals surface area contributed by atoms with Gasteiger partial charge in [-0.3, -0.25) is 0 Å². The van der Waals surface area contributed by atoms with Gasteiger partial charge in [-0.15, -0.1) is 46.2 Å². The van der Waals surface area contributed by atoms with Gasteiger partial charge >= 0.3 is 0 Å². The van der Waals surface area contributed by atoms with Crippen molar-refractivity contribution in [2.45, 2.75) is 77.7 Å². The Morgan fingerprint density at radius 3 is 2.22 bits per heavy atom. The van der Waals surface area contributed by atoms with Crippen LogP contribution in [0.3, 0.4) is 0 Å². The molecule has 2 aliphatic rings. The largest absolute Gasteiger partial charge is 0.120 e. The Morgan fingerprint density at radius 2 is 1.56 bits per heavy atom. The molecule has 27 heavy (non-hydrogen) atoms. The van der Waals surface area contributed by atoms with E-state index in [1.165, 1.54) is 55.0 Å². The van der Waals surface area contributed by atoms with E-state index in [-0.39, 0.29) is 4.75 Å². The topological polar surface area (TPSA) is 0 Å². The van der Waals surface area contributed by atoms with E-state index in [1.807, 2.05) is 34.4 Å². The minimum atomic E-state index is 0.162. The fraction of sp³-hybridized carbons (Fsp3) is 0.478. The molecule has 2 aromatic heterocycles. The summed E-state index contributed by atoms with van der Waals surface area (Å²) >= 11 is 7.87. The second kappa shape index (κ2) is 8.30. The molecule has 2 atom stereocenters. The lowest BCUT2D eigenvalue weighted by atomic mass is 9.96. The van der Waals surface area contributed by atoms with Gasteiger partial charge in [0.05, 0.1) is 28.2 Å². The fourth-order valence-electron chi connectivity index (χ4n) is 3.43. The van der Waals surface area contributed by atoms with Crippen molar-refractivity contribution in [2.24, 2.45) is 0 Å². The number of fused-ring (bicyclic) bond motifs is 5. The molecule has 4 heteroatoms. The summed E-state index contributed by atoms with van der Waals surface area (Å²) in [6.45, 7) is 6.86. The van der Waals surface area contributed by atoms with Crippen molar-refractivity contribution in [1.29, 1.82) is 0 Å². The number of unbranched alkanes of at least 4 members (excludes halogenated alkanes) is 4. The minimum Gasteiger partial charge on any atom is -0.120 e. The van der Waals surface area contributed by atoms with Crippen molar-refractivity contribution in [3.8, 4) is 23.7 Å². The van der Waals surface area contributed by atoms with E-state index in [9.17, 15) is 0 Å². The molecule has 4 rings (SSSR count). The molecule has 0 spiro atoms. The zero-order valence-electron chi connectivity index (χ0n) is 16.1. The van der Waals surface area contributed by atoms with Crippen molar-refractivity contribution >= 4 is 46.2 Å². The van der Waals surface area contributed by atoms with E-state index in [4.69, 9.17) is 0 Å². The molecule has 0 nitrogen and oxygen atoms in total. The maximum absolute atomic E-state index is 3.39. The molecule has 0 bridgehead atoms. The maximum atomic E-state index is 3.39. The Balaban J connectivity index is 1.52. The molecular weight excluding hydrogens is 405 g/mol. The molecule has 0 aliphatic carbocycles. The van der Waals surface area contributed by atoms with Crippen LogP contribution in [-0.2, 0) is 4.75 Å². The van der Waals surface area contributed by atoms with Crippen LogP contribution in [0.25, 0.3) is 0 Å². The third kappa shape index (κ3) is 3.75. The summed E-state index contributed by atoms with van der Waals surface area (Å²) in [5.74, 6) is 13.5. The Labute approximate surface area is 179 Å². The molecule has 0 N–H and O–H groups in total. The number of hydrogen-bond acceptors (Lipinski definition) is 4. The highest BCUT2D eigenvalue weighted by atomic mass is 32.2. The van der Waals surface area contributed by atoms with Crippen LogP contribution < -0.4 is 0 Å². The van der Waals surface area contributed by atoms with Crippen LogP contribution in [0.1, 0.15) is 85.4 Å². The van der Waals surface area contributed by atoms with Gasteiger partial charge in [-0.1, -0.05) is 50.4 Å². The van der Waals surface area contributed by atoms with Crippen LogP contribution in [0.2, 0.25) is 0 Å². The summed E-state index contributed by atoms with van der Waals surface area (Å²) in [7, 11) is 0. The lowest BCUT2D eigenvalue weighted by Gasteiger charge is -2.23. The third-order valence-electron chi connectivity index (χ3n) is 5.00. The maximum Gasteiger partial charge on any atom is 0.0783 e. The number of hydrogen-bond donors (Lipinski definition) is 0. The van der Waals surface area contributed by atoms with Crippen molar-refractivity contribution in [3.63, 3.8) is 0 Å². The van der Waals surface area contributed by atoms with E-state index in [0.29, 0.717) is 5.25 Å². The Kier molecular flexibility index (Phi) is 6.00. The molecule has 0 saturated carbocycles. The molecule has 2 unspecified atom stereocenters. The zero-order valence-corrected chi connectivity index (χ0v) is 19.4. The summed E-state index contributed by atoms with van der Waals surface area (Å²) in [6.07, 6.45) is 6.87. The van der Waals surface area contributed by atoms with Crippen molar-refractivity contribution in [3.05, 3.63) is 33.0 Å². The molecule has 0 saturated heterocycles. The molecule has 4 heterocycles. The van der Waals surface area contributed by atoms with Gasteiger partial charge in [-0.2, -0.15) is 0 Å². The van der Waals surface area contributed by atoms with E-state index in [1.54, 1.807) is 0 Å². The van der Waals surface area contributed by atoms with E-state index < -0.39 is 0 Å². The Morgan fingerprint density at radius 1 is 0.926 bits per heavy atom. The van der Waals surface area contributed by atoms with E-state index >= 15 is 0 Å². The summed E-state index contributed by atoms with van der Waals surface area (Å²) in [6, 6.07) is 4.72. The second-order valence-electron chi connectivity index (χ2n) is 7.18. The Hall–Kier alpha value is -0.780. The number of thiophene rings is 2. The number of rotatable bonds is 4. The van der Waals surface area contributed by atoms with Crippen LogP contribution >= 0.6 is 46.2 Å². The Bertz CT molecular complexity index is 956. The van der Waals surface area contributed by atoms with Crippen molar-refractivity contribution < 1.29 is 0 Å². The standard InChI is InChI=1S/C23H24S4/c1-4-6-8-10-12-16-14-18-20-23(3,27-21(18)24-16)19-15-17(25-22(19)26-20)13-11-9-7-5-2/h14-15,20H,4-9H2,1-3H3. The fourth-order valence-corrected chi connectivity index (χ4v) is 9.85. The molecule has 0 amide bonds. The average Bonchev–Trinajstić information content (AvgIpc) is 3.34. The molecule has 0 aromatic carbocycles. The predicted octanol–water partition coefficient (Wildman–Crippen LogP) is 8.06. The van der Waals surface area contributed by atoms with E-state index in [2.05, 4.69) is 68.3 Å².